The van der Waals surface area contributed by atoms with E-state index in [1.165, 1.54) is 7.11 Å². The largest absolute Gasteiger partial charge is 0.481 e. The molecule has 17 heavy (non-hydrogen) atoms. The highest BCUT2D eigenvalue weighted by Gasteiger charge is 2.33. The van der Waals surface area contributed by atoms with Crippen molar-refractivity contribution in [1.29, 1.82) is 0 Å². The van der Waals surface area contributed by atoms with Gasteiger partial charge in [-0.2, -0.15) is 0 Å². The second-order valence-corrected chi connectivity index (χ2v) is 6.44. The van der Waals surface area contributed by atoms with E-state index in [2.05, 4.69) is 4.98 Å². The molecule has 2 rings (SSSR count). The zero-order valence-electron chi connectivity index (χ0n) is 9.72. The summed E-state index contributed by atoms with van der Waals surface area (Å²) in [5.74, 6) is 0.730. The van der Waals surface area contributed by atoms with Gasteiger partial charge in [0, 0.05) is 18.3 Å². The number of nitrogens with two attached hydrogens (primary N) is 1. The van der Waals surface area contributed by atoms with Gasteiger partial charge in [0.1, 0.15) is 0 Å². The van der Waals surface area contributed by atoms with E-state index in [9.17, 15) is 8.42 Å². The molecule has 1 unspecified atom stereocenters. The molecule has 1 aliphatic heterocycles. The summed E-state index contributed by atoms with van der Waals surface area (Å²) >= 11 is 0. The number of ether oxygens (including phenoxy) is 1. The second-order valence-electron chi connectivity index (χ2n) is 4.14. The van der Waals surface area contributed by atoms with Crippen molar-refractivity contribution in [3.8, 4) is 5.88 Å². The van der Waals surface area contributed by atoms with Gasteiger partial charge in [-0.05, 0) is 24.5 Å². The highest BCUT2D eigenvalue weighted by molar-refractivity contribution is 7.91. The first kappa shape index (κ1) is 12.3. The molecule has 2 N–H and O–H groups in total. The Bertz CT molecular complexity index is 513. The number of rotatable bonds is 3. The third-order valence-electron chi connectivity index (χ3n) is 3.06. The number of nitrogens with zero attached hydrogens (tertiary/aromatic N) is 1. The van der Waals surface area contributed by atoms with Crippen LogP contribution >= 0.6 is 0 Å². The molecule has 0 aromatic carbocycles. The SMILES string of the molecule is COc1ncc(C2CCCS2(=O)=O)cc1CN. The third-order valence-corrected chi connectivity index (χ3v) is 5.29. The first-order chi connectivity index (χ1) is 8.08. The van der Waals surface area contributed by atoms with Crippen molar-refractivity contribution in [3.05, 3.63) is 23.4 Å². The molecule has 0 amide bonds. The summed E-state index contributed by atoms with van der Waals surface area (Å²) in [6.45, 7) is 0.288. The molecule has 6 heteroatoms. The summed E-state index contributed by atoms with van der Waals surface area (Å²) in [5, 5.41) is -0.425. The van der Waals surface area contributed by atoms with E-state index in [4.69, 9.17) is 10.5 Å². The van der Waals surface area contributed by atoms with Gasteiger partial charge in [-0.3, -0.25) is 0 Å². The molecule has 1 fully saturated rings. The normalized spacial score (nSPS) is 22.6. The number of hydrogen-bond acceptors (Lipinski definition) is 5. The van der Waals surface area contributed by atoms with Crippen molar-refractivity contribution >= 4 is 9.84 Å². The smallest absolute Gasteiger partial charge is 0.217 e. The van der Waals surface area contributed by atoms with E-state index in [0.29, 0.717) is 12.3 Å². The van der Waals surface area contributed by atoms with Crippen LogP contribution in [0.5, 0.6) is 5.88 Å². The lowest BCUT2D eigenvalue weighted by atomic mass is 10.1. The molecule has 0 saturated carbocycles. The van der Waals surface area contributed by atoms with Crippen molar-refractivity contribution in [2.24, 2.45) is 5.73 Å². The summed E-state index contributed by atoms with van der Waals surface area (Å²) in [6, 6.07) is 1.79. The number of hydrogen-bond donors (Lipinski definition) is 1. The molecule has 0 aliphatic carbocycles. The minimum atomic E-state index is -3.01. The molecule has 1 aromatic rings. The molecule has 1 aromatic heterocycles. The van der Waals surface area contributed by atoms with Crippen LogP contribution in [-0.4, -0.2) is 26.3 Å². The standard InChI is InChI=1S/C11H16N2O3S/c1-16-11-8(6-12)5-9(7-13-11)10-3-2-4-17(10,14)15/h5,7,10H,2-4,6,12H2,1H3. The van der Waals surface area contributed by atoms with Gasteiger partial charge in [0.05, 0.1) is 18.1 Å². The highest BCUT2D eigenvalue weighted by Crippen LogP contribution is 2.35. The predicted molar refractivity (Wildman–Crippen MR) is 64.4 cm³/mol. The van der Waals surface area contributed by atoms with E-state index in [-0.39, 0.29) is 12.3 Å². The number of aromatic nitrogens is 1. The Morgan fingerprint density at radius 2 is 2.35 bits per heavy atom. The average Bonchev–Trinajstić information content (AvgIpc) is 2.68. The van der Waals surface area contributed by atoms with Gasteiger partial charge in [0.25, 0.3) is 0 Å². The Labute approximate surface area is 101 Å². The summed E-state index contributed by atoms with van der Waals surface area (Å²) in [5.41, 5.74) is 7.06. The molecule has 94 valence electrons. The Morgan fingerprint density at radius 1 is 1.59 bits per heavy atom. The predicted octanol–water partition coefficient (Wildman–Crippen LogP) is 0.799. The maximum absolute atomic E-state index is 11.8. The molecule has 5 nitrogen and oxygen atoms in total. The molecular weight excluding hydrogens is 240 g/mol. The van der Waals surface area contributed by atoms with Crippen LogP contribution in [0.2, 0.25) is 0 Å². The fourth-order valence-corrected chi connectivity index (χ4v) is 4.11. The maximum Gasteiger partial charge on any atom is 0.217 e. The van der Waals surface area contributed by atoms with Crippen LogP contribution in [0, 0.1) is 0 Å². The van der Waals surface area contributed by atoms with Gasteiger partial charge < -0.3 is 10.5 Å². The highest BCUT2D eigenvalue weighted by atomic mass is 32.2. The molecule has 1 atom stereocenters. The number of methoxy groups -OCH3 is 1. The lowest BCUT2D eigenvalue weighted by Gasteiger charge is -2.12. The van der Waals surface area contributed by atoms with Crippen LogP contribution in [0.15, 0.2) is 12.3 Å². The van der Waals surface area contributed by atoms with Crippen molar-refractivity contribution in [2.45, 2.75) is 24.6 Å². The van der Waals surface area contributed by atoms with Crippen LogP contribution in [0.1, 0.15) is 29.2 Å². The van der Waals surface area contributed by atoms with E-state index in [1.54, 1.807) is 12.3 Å². The van der Waals surface area contributed by atoms with Crippen molar-refractivity contribution < 1.29 is 13.2 Å². The molecule has 1 saturated heterocycles. The lowest BCUT2D eigenvalue weighted by molar-refractivity contribution is 0.392. The molecule has 0 radical (unpaired) electrons. The van der Waals surface area contributed by atoms with Crippen LogP contribution in [0.25, 0.3) is 0 Å². The van der Waals surface area contributed by atoms with Crippen LogP contribution in [0.4, 0.5) is 0 Å². The molecule has 1 aliphatic rings. The zero-order valence-corrected chi connectivity index (χ0v) is 10.5. The quantitative estimate of drug-likeness (QED) is 0.865. The second kappa shape index (κ2) is 4.62. The third kappa shape index (κ3) is 2.28. The van der Waals surface area contributed by atoms with E-state index < -0.39 is 15.1 Å². The Balaban J connectivity index is 2.40. The first-order valence-electron chi connectivity index (χ1n) is 5.53. The molecular formula is C11H16N2O3S. The first-order valence-corrected chi connectivity index (χ1v) is 7.24. The number of pyridine rings is 1. The van der Waals surface area contributed by atoms with Gasteiger partial charge in [-0.1, -0.05) is 0 Å². The van der Waals surface area contributed by atoms with Crippen molar-refractivity contribution in [3.63, 3.8) is 0 Å². The van der Waals surface area contributed by atoms with Crippen molar-refractivity contribution in [2.75, 3.05) is 12.9 Å². The minimum Gasteiger partial charge on any atom is -0.481 e. The summed E-state index contributed by atoms with van der Waals surface area (Å²) < 4.78 is 28.7. The van der Waals surface area contributed by atoms with Crippen LogP contribution < -0.4 is 10.5 Å². The molecule has 0 spiro atoms. The van der Waals surface area contributed by atoms with Gasteiger partial charge >= 0.3 is 0 Å². The maximum atomic E-state index is 11.8. The van der Waals surface area contributed by atoms with Gasteiger partial charge in [-0.25, -0.2) is 13.4 Å². The van der Waals surface area contributed by atoms with Gasteiger partial charge in [0.15, 0.2) is 9.84 Å². The Morgan fingerprint density at radius 3 is 2.88 bits per heavy atom. The van der Waals surface area contributed by atoms with E-state index >= 15 is 0 Å². The van der Waals surface area contributed by atoms with Crippen LogP contribution in [0.3, 0.4) is 0 Å². The van der Waals surface area contributed by atoms with Crippen LogP contribution in [-0.2, 0) is 16.4 Å². The fraction of sp³-hybridized carbons (Fsp3) is 0.545. The molecule has 0 bridgehead atoms. The minimum absolute atomic E-state index is 0.266. The summed E-state index contributed by atoms with van der Waals surface area (Å²) in [6.07, 6.45) is 2.96. The Kier molecular flexibility index (Phi) is 3.35. The van der Waals surface area contributed by atoms with E-state index in [1.807, 2.05) is 0 Å². The molecule has 2 heterocycles. The van der Waals surface area contributed by atoms with Gasteiger partial charge in [-0.15, -0.1) is 0 Å². The number of sulfone groups is 1. The Hall–Kier alpha value is -1.14. The zero-order chi connectivity index (χ0) is 12.5. The lowest BCUT2D eigenvalue weighted by Crippen LogP contribution is -2.10. The van der Waals surface area contributed by atoms with Crippen molar-refractivity contribution in [1.82, 2.24) is 4.98 Å². The summed E-state index contributed by atoms with van der Waals surface area (Å²) in [4.78, 5) is 4.11. The van der Waals surface area contributed by atoms with Gasteiger partial charge in [0.2, 0.25) is 5.88 Å². The summed E-state index contributed by atoms with van der Waals surface area (Å²) in [7, 11) is -1.49. The van der Waals surface area contributed by atoms with E-state index in [0.717, 1.165) is 17.5 Å². The topological polar surface area (TPSA) is 82.3 Å². The monoisotopic (exact) mass is 256 g/mol. The fourth-order valence-electron chi connectivity index (χ4n) is 2.19. The average molecular weight is 256 g/mol.